The molecule has 0 unspecified atom stereocenters. The Bertz CT molecular complexity index is 1170. The third kappa shape index (κ3) is 4.88. The van der Waals surface area contributed by atoms with Crippen molar-refractivity contribution in [2.75, 3.05) is 0 Å². The number of pyridine rings is 1. The fourth-order valence-corrected chi connectivity index (χ4v) is 3.80. The number of rotatable bonds is 5. The molecule has 7 nitrogen and oxygen atoms in total. The molecule has 0 aliphatic carbocycles. The highest BCUT2D eigenvalue weighted by atomic mass is 32.1. The van der Waals surface area contributed by atoms with Crippen molar-refractivity contribution < 1.29 is 24.2 Å². The van der Waals surface area contributed by atoms with Gasteiger partial charge in [0.2, 0.25) is 5.91 Å². The number of aromatic carboxylic acids is 1. The Morgan fingerprint density at radius 2 is 1.84 bits per heavy atom. The predicted octanol–water partition coefficient (Wildman–Crippen LogP) is 4.39. The van der Waals surface area contributed by atoms with Gasteiger partial charge < -0.3 is 15.5 Å². The lowest BCUT2D eigenvalue weighted by Gasteiger charge is -2.16. The number of aromatic nitrogens is 2. The normalized spacial score (nSPS) is 11.4. The lowest BCUT2D eigenvalue weighted by atomic mass is 9.96. The number of carboxylic acid groups (broad SMARTS) is 1. The number of carboxylic acids is 1. The lowest BCUT2D eigenvalue weighted by molar-refractivity contribution is -0.128. The molecule has 0 radical (unpaired) electrons. The van der Waals surface area contributed by atoms with Crippen LogP contribution in [0.2, 0.25) is 0 Å². The second kappa shape index (κ2) is 8.43. The average molecular weight is 444 g/mol. The Balaban J connectivity index is 1.91. The van der Waals surface area contributed by atoms with Crippen LogP contribution >= 0.6 is 11.3 Å². The maximum atomic E-state index is 14.5. The number of halogens is 1. The van der Waals surface area contributed by atoms with Crippen molar-refractivity contribution in [3.8, 4) is 27.6 Å². The summed E-state index contributed by atoms with van der Waals surface area (Å²) < 4.78 is 14.5. The summed E-state index contributed by atoms with van der Waals surface area (Å²) >= 11 is 1.37. The zero-order valence-corrected chi connectivity index (χ0v) is 18.3. The van der Waals surface area contributed by atoms with Gasteiger partial charge in [-0.3, -0.25) is 4.79 Å². The molecule has 0 bridgehead atoms. The molecule has 3 rings (SSSR count). The van der Waals surface area contributed by atoms with Gasteiger partial charge in [0.15, 0.2) is 0 Å². The molecule has 0 aliphatic rings. The van der Waals surface area contributed by atoms with Crippen molar-refractivity contribution in [1.29, 1.82) is 0 Å². The molecule has 1 aromatic carbocycles. The van der Waals surface area contributed by atoms with E-state index in [1.165, 1.54) is 11.3 Å². The van der Waals surface area contributed by atoms with Crippen LogP contribution in [0.3, 0.4) is 0 Å². The van der Waals surface area contributed by atoms with E-state index in [1.807, 2.05) is 27.7 Å². The fourth-order valence-electron chi connectivity index (χ4n) is 2.83. The summed E-state index contributed by atoms with van der Waals surface area (Å²) in [6.45, 7) is 7.60. The number of phenols is 1. The third-order valence-electron chi connectivity index (χ3n) is 4.50. The van der Waals surface area contributed by atoms with E-state index < -0.39 is 28.5 Å². The smallest absolute Gasteiger partial charge is 0.339 e. The number of hydrogen-bond donors (Lipinski definition) is 3. The number of nitrogens with zero attached hydrogens (tertiary/aromatic N) is 2. The zero-order chi connectivity index (χ0) is 22.9. The molecule has 2 heterocycles. The summed E-state index contributed by atoms with van der Waals surface area (Å²) in [4.78, 5) is 32.9. The highest BCUT2D eigenvalue weighted by Crippen LogP contribution is 2.33. The van der Waals surface area contributed by atoms with Gasteiger partial charge in [-0.1, -0.05) is 26.8 Å². The molecule has 0 saturated carbocycles. The number of benzene rings is 1. The van der Waals surface area contributed by atoms with Crippen LogP contribution in [0.1, 0.15) is 41.8 Å². The Labute approximate surface area is 182 Å². The molecule has 3 N–H and O–H groups in total. The van der Waals surface area contributed by atoms with Gasteiger partial charge >= 0.3 is 5.97 Å². The van der Waals surface area contributed by atoms with E-state index in [0.29, 0.717) is 17.2 Å². The van der Waals surface area contributed by atoms with Gasteiger partial charge in [0.25, 0.3) is 0 Å². The Kier molecular flexibility index (Phi) is 6.08. The van der Waals surface area contributed by atoms with Gasteiger partial charge in [0.05, 0.1) is 28.5 Å². The number of nitrogens with one attached hydrogen (secondary N) is 1. The topological polar surface area (TPSA) is 112 Å². The van der Waals surface area contributed by atoms with Crippen LogP contribution in [-0.2, 0) is 11.3 Å². The summed E-state index contributed by atoms with van der Waals surface area (Å²) in [6, 6.07) is 6.85. The van der Waals surface area contributed by atoms with Crippen molar-refractivity contribution in [2.24, 2.45) is 5.41 Å². The number of thiazole rings is 1. The van der Waals surface area contributed by atoms with Crippen molar-refractivity contribution in [3.05, 3.63) is 52.4 Å². The minimum Gasteiger partial charge on any atom is -0.507 e. The first-order chi connectivity index (χ1) is 14.5. The predicted molar refractivity (Wildman–Crippen MR) is 115 cm³/mol. The monoisotopic (exact) mass is 443 g/mol. The van der Waals surface area contributed by atoms with E-state index in [-0.39, 0.29) is 17.2 Å². The first-order valence-electron chi connectivity index (χ1n) is 9.45. The van der Waals surface area contributed by atoms with Crippen molar-refractivity contribution in [2.45, 2.75) is 34.2 Å². The third-order valence-corrected chi connectivity index (χ3v) is 5.68. The van der Waals surface area contributed by atoms with Gasteiger partial charge in [-0.25, -0.2) is 19.2 Å². The van der Waals surface area contributed by atoms with E-state index in [0.717, 1.165) is 22.7 Å². The summed E-state index contributed by atoms with van der Waals surface area (Å²) in [7, 11) is 0. The lowest BCUT2D eigenvalue weighted by Crippen LogP contribution is -2.34. The van der Waals surface area contributed by atoms with Crippen LogP contribution in [0, 0.1) is 18.2 Å². The molecule has 0 aliphatic heterocycles. The second-order valence-electron chi connectivity index (χ2n) is 8.02. The largest absolute Gasteiger partial charge is 0.507 e. The minimum atomic E-state index is -1.42. The van der Waals surface area contributed by atoms with Crippen LogP contribution in [0.4, 0.5) is 4.39 Å². The molecule has 162 valence electrons. The molecule has 9 heteroatoms. The zero-order valence-electron chi connectivity index (χ0n) is 17.5. The number of aryl methyl sites for hydroxylation is 1. The molecule has 3 aromatic rings. The fraction of sp³-hybridized carbons (Fsp3) is 0.273. The summed E-state index contributed by atoms with van der Waals surface area (Å²) in [5, 5.41) is 22.5. The quantitative estimate of drug-likeness (QED) is 0.539. The van der Waals surface area contributed by atoms with E-state index in [2.05, 4.69) is 15.3 Å². The highest BCUT2D eigenvalue weighted by Gasteiger charge is 2.22. The summed E-state index contributed by atoms with van der Waals surface area (Å²) in [6.07, 6.45) is 0. The Morgan fingerprint density at radius 3 is 2.48 bits per heavy atom. The van der Waals surface area contributed by atoms with E-state index >= 15 is 0 Å². The standard InChI is InChI=1S/C22H22FN3O4S/c1-11-19(31-18(25-11)10-24-21(30)22(2,3)4)16-7-5-6-15(26-16)12-9-17(27)13(20(28)29)8-14(12)23/h5-9,27H,10H2,1-4H3,(H,24,30)(H,28,29). The number of aromatic hydroxyl groups is 1. The molecule has 1 amide bonds. The van der Waals surface area contributed by atoms with Crippen LogP contribution in [0.15, 0.2) is 30.3 Å². The van der Waals surface area contributed by atoms with Gasteiger partial charge in [0.1, 0.15) is 22.1 Å². The maximum Gasteiger partial charge on any atom is 0.339 e. The van der Waals surface area contributed by atoms with Gasteiger partial charge in [-0.2, -0.15) is 0 Å². The molecule has 0 atom stereocenters. The number of carbonyl (C=O) groups is 2. The second-order valence-corrected chi connectivity index (χ2v) is 9.10. The highest BCUT2D eigenvalue weighted by molar-refractivity contribution is 7.15. The average Bonchev–Trinajstić information content (AvgIpc) is 3.07. The molecular weight excluding hydrogens is 421 g/mol. The number of amides is 1. The minimum absolute atomic E-state index is 0.0100. The van der Waals surface area contributed by atoms with Crippen molar-refractivity contribution >= 4 is 23.2 Å². The molecule has 31 heavy (non-hydrogen) atoms. The number of hydrogen-bond acceptors (Lipinski definition) is 6. The Morgan fingerprint density at radius 1 is 1.16 bits per heavy atom. The molecule has 0 saturated heterocycles. The SMILES string of the molecule is Cc1nc(CNC(=O)C(C)(C)C)sc1-c1cccc(-c2cc(O)c(C(=O)O)cc2F)n1. The molecule has 0 spiro atoms. The number of carbonyl (C=O) groups excluding carboxylic acids is 1. The first kappa shape index (κ1) is 22.4. The van der Waals surface area contributed by atoms with Gasteiger partial charge in [0, 0.05) is 11.0 Å². The van der Waals surface area contributed by atoms with Crippen molar-refractivity contribution in [3.63, 3.8) is 0 Å². The van der Waals surface area contributed by atoms with E-state index in [4.69, 9.17) is 5.11 Å². The molecular formula is C22H22FN3O4S. The van der Waals surface area contributed by atoms with Gasteiger partial charge in [-0.15, -0.1) is 11.3 Å². The van der Waals surface area contributed by atoms with Crippen LogP contribution < -0.4 is 5.32 Å². The van der Waals surface area contributed by atoms with E-state index in [9.17, 15) is 19.1 Å². The van der Waals surface area contributed by atoms with Crippen LogP contribution in [-0.4, -0.2) is 32.1 Å². The first-order valence-corrected chi connectivity index (χ1v) is 10.3. The van der Waals surface area contributed by atoms with Crippen LogP contribution in [0.25, 0.3) is 21.8 Å². The Hall–Kier alpha value is -3.33. The molecule has 0 fully saturated rings. The van der Waals surface area contributed by atoms with Crippen molar-refractivity contribution in [1.82, 2.24) is 15.3 Å². The summed E-state index contributed by atoms with van der Waals surface area (Å²) in [5.74, 6) is -2.84. The maximum absolute atomic E-state index is 14.5. The van der Waals surface area contributed by atoms with E-state index in [1.54, 1.807) is 18.2 Å². The summed E-state index contributed by atoms with van der Waals surface area (Å²) in [5.41, 5.74) is 0.498. The van der Waals surface area contributed by atoms with Gasteiger partial charge in [-0.05, 0) is 31.2 Å². The molecule has 2 aromatic heterocycles. The van der Waals surface area contributed by atoms with Crippen LogP contribution in [0.5, 0.6) is 5.75 Å².